The van der Waals surface area contributed by atoms with Gasteiger partial charge in [0.2, 0.25) is 0 Å². The highest BCUT2D eigenvalue weighted by atomic mass is 32.2. The quantitative estimate of drug-likeness (QED) is 0.251. The zero-order chi connectivity index (χ0) is 15.9. The predicted octanol–water partition coefficient (Wildman–Crippen LogP) is -1.27. The summed E-state index contributed by atoms with van der Waals surface area (Å²) in [4.78, 5) is 24.3. The fourth-order valence-corrected chi connectivity index (χ4v) is 2.90. The van der Waals surface area contributed by atoms with Crippen LogP contribution >= 0.6 is 0 Å². The fraction of sp³-hybridized carbons (Fsp3) is 0.818. The van der Waals surface area contributed by atoms with E-state index >= 15 is 0 Å². The summed E-state index contributed by atoms with van der Waals surface area (Å²) in [6.45, 7) is 1.59. The molecule has 0 aromatic rings. The van der Waals surface area contributed by atoms with Crippen molar-refractivity contribution in [1.29, 1.82) is 0 Å². The molecule has 2 atom stereocenters. The number of amides is 2. The molecule has 0 aromatic carbocycles. The molecule has 21 heavy (non-hydrogen) atoms. The van der Waals surface area contributed by atoms with E-state index in [2.05, 4.69) is 10.6 Å². The van der Waals surface area contributed by atoms with Crippen LogP contribution in [0.25, 0.3) is 0 Å². The molecule has 9 nitrogen and oxygen atoms in total. The Morgan fingerprint density at radius 2 is 2.05 bits per heavy atom. The van der Waals surface area contributed by atoms with E-state index in [9.17, 15) is 18.0 Å². The first-order valence-corrected chi connectivity index (χ1v) is 8.22. The fourth-order valence-electron chi connectivity index (χ4n) is 2.26. The molecule has 1 rings (SSSR count). The summed E-state index contributed by atoms with van der Waals surface area (Å²) in [6.07, 6.45) is 2.51. The smallest absolute Gasteiger partial charge is 0.333 e. The van der Waals surface area contributed by atoms with Gasteiger partial charge in [-0.1, -0.05) is 0 Å². The molecule has 1 aliphatic rings. The number of unbranched alkanes of at least 4 members (excludes halogenated alkanes) is 1. The van der Waals surface area contributed by atoms with Crippen LogP contribution in [0.4, 0.5) is 4.79 Å². The van der Waals surface area contributed by atoms with Gasteiger partial charge in [0.25, 0.3) is 0 Å². The summed E-state index contributed by atoms with van der Waals surface area (Å²) < 4.78 is 32.3. The summed E-state index contributed by atoms with van der Waals surface area (Å²) in [7, 11) is -2.55. The molecule has 10 heteroatoms. The van der Waals surface area contributed by atoms with Crippen LogP contribution in [0.3, 0.4) is 0 Å². The van der Waals surface area contributed by atoms with Crippen LogP contribution in [0.15, 0.2) is 0 Å². The molecule has 4 N–H and O–H groups in total. The lowest BCUT2D eigenvalue weighted by molar-refractivity contribution is -0.111. The van der Waals surface area contributed by atoms with Crippen molar-refractivity contribution in [3.63, 3.8) is 0 Å². The lowest BCUT2D eigenvalue weighted by Crippen LogP contribution is -2.50. The summed E-state index contributed by atoms with van der Waals surface area (Å²) >= 11 is 0. The normalized spacial score (nSPS) is 22.3. The van der Waals surface area contributed by atoms with Crippen molar-refractivity contribution in [3.8, 4) is 0 Å². The van der Waals surface area contributed by atoms with E-state index < -0.39 is 28.4 Å². The largest absolute Gasteiger partial charge is 0.338 e. The molecular weight excluding hydrogens is 300 g/mol. The molecule has 0 aromatic heterocycles. The molecule has 0 spiro atoms. The zero-order valence-corrected chi connectivity index (χ0v) is 12.7. The maximum absolute atomic E-state index is 12.0. The number of carbonyl (C=O) groups is 2. The van der Waals surface area contributed by atoms with Gasteiger partial charge in [0.15, 0.2) is 0 Å². The standard InChI is InChI=1S/C11H22N4O5S/c1-12-5-2-3-6-13-11(17)15-7-4-9(10(15)8-16)14-21(18,19)20/h8-10,12,14H,2-7H2,1H3,(H,13,17)(H,18,19,20)/t9-,10-/m1/s1. The number of hydrogen-bond acceptors (Lipinski definition) is 5. The van der Waals surface area contributed by atoms with Crippen molar-refractivity contribution in [1.82, 2.24) is 20.3 Å². The average molecular weight is 322 g/mol. The molecular formula is C11H22N4O5S. The van der Waals surface area contributed by atoms with E-state index in [1.54, 1.807) is 0 Å². The van der Waals surface area contributed by atoms with Gasteiger partial charge in [0, 0.05) is 13.1 Å². The van der Waals surface area contributed by atoms with Crippen molar-refractivity contribution in [2.75, 3.05) is 26.7 Å². The van der Waals surface area contributed by atoms with Crippen molar-refractivity contribution in [2.45, 2.75) is 31.3 Å². The van der Waals surface area contributed by atoms with E-state index in [-0.39, 0.29) is 13.0 Å². The van der Waals surface area contributed by atoms with Crippen LogP contribution in [0.2, 0.25) is 0 Å². The van der Waals surface area contributed by atoms with Crippen LogP contribution < -0.4 is 15.4 Å². The maximum atomic E-state index is 12.0. The molecule has 1 saturated heterocycles. The van der Waals surface area contributed by atoms with Crippen LogP contribution in [-0.2, 0) is 15.1 Å². The average Bonchev–Trinajstić information content (AvgIpc) is 2.78. The molecule has 1 fully saturated rings. The number of nitrogens with one attached hydrogen (secondary N) is 3. The van der Waals surface area contributed by atoms with Crippen LogP contribution in [0, 0.1) is 0 Å². The Morgan fingerprint density at radius 1 is 1.38 bits per heavy atom. The number of urea groups is 1. The van der Waals surface area contributed by atoms with Gasteiger partial charge in [-0.3, -0.25) is 4.55 Å². The van der Waals surface area contributed by atoms with Crippen molar-refractivity contribution < 1.29 is 22.6 Å². The Balaban J connectivity index is 2.47. The first-order valence-electron chi connectivity index (χ1n) is 6.78. The minimum atomic E-state index is -4.40. The topological polar surface area (TPSA) is 128 Å². The molecule has 122 valence electrons. The van der Waals surface area contributed by atoms with Gasteiger partial charge < -0.3 is 20.3 Å². The summed E-state index contributed by atoms with van der Waals surface area (Å²) in [5.41, 5.74) is 0. The highest BCUT2D eigenvalue weighted by Crippen LogP contribution is 2.17. The van der Waals surface area contributed by atoms with E-state index in [1.165, 1.54) is 4.90 Å². The molecule has 0 radical (unpaired) electrons. The first-order chi connectivity index (χ1) is 9.89. The van der Waals surface area contributed by atoms with E-state index in [1.807, 2.05) is 11.8 Å². The Bertz CT molecular complexity index is 456. The second-order valence-corrected chi connectivity index (χ2v) is 6.04. The SMILES string of the molecule is CNCCCCNC(=O)N1CC[C@@H](NS(=O)(=O)O)[C@H]1C=O. The third-order valence-corrected chi connectivity index (χ3v) is 3.88. The van der Waals surface area contributed by atoms with Crippen molar-refractivity contribution in [2.24, 2.45) is 0 Å². The van der Waals surface area contributed by atoms with E-state index in [4.69, 9.17) is 4.55 Å². The lowest BCUT2D eigenvalue weighted by Gasteiger charge is -2.23. The Morgan fingerprint density at radius 3 is 2.62 bits per heavy atom. The van der Waals surface area contributed by atoms with Gasteiger partial charge in [-0.15, -0.1) is 0 Å². The molecule has 1 heterocycles. The predicted molar refractivity (Wildman–Crippen MR) is 76.2 cm³/mol. The van der Waals surface area contributed by atoms with Gasteiger partial charge >= 0.3 is 16.3 Å². The summed E-state index contributed by atoms with van der Waals surface area (Å²) in [6, 6.07) is -2.12. The number of hydrogen-bond donors (Lipinski definition) is 4. The summed E-state index contributed by atoms with van der Waals surface area (Å²) in [5.74, 6) is 0. The monoisotopic (exact) mass is 322 g/mol. The van der Waals surface area contributed by atoms with Crippen LogP contribution in [0.1, 0.15) is 19.3 Å². The second-order valence-electron chi connectivity index (χ2n) is 4.85. The highest BCUT2D eigenvalue weighted by Gasteiger charge is 2.38. The van der Waals surface area contributed by atoms with Gasteiger partial charge in [0.05, 0.1) is 6.04 Å². The van der Waals surface area contributed by atoms with Gasteiger partial charge in [-0.25, -0.2) is 4.79 Å². The van der Waals surface area contributed by atoms with Gasteiger partial charge in [-0.05, 0) is 32.9 Å². The van der Waals surface area contributed by atoms with Crippen LogP contribution in [0.5, 0.6) is 0 Å². The van der Waals surface area contributed by atoms with E-state index in [0.29, 0.717) is 12.8 Å². The minimum Gasteiger partial charge on any atom is -0.338 e. The number of likely N-dealkylation sites (tertiary alicyclic amines) is 1. The molecule has 0 bridgehead atoms. The Kier molecular flexibility index (Phi) is 7.02. The molecule has 0 aliphatic carbocycles. The molecule has 0 unspecified atom stereocenters. The lowest BCUT2D eigenvalue weighted by atomic mass is 10.1. The second kappa shape index (κ2) is 8.27. The van der Waals surface area contributed by atoms with Crippen LogP contribution in [-0.4, -0.2) is 69.0 Å². The van der Waals surface area contributed by atoms with Crippen molar-refractivity contribution >= 4 is 22.6 Å². The number of nitrogens with zero attached hydrogens (tertiary/aromatic N) is 1. The molecule has 0 saturated carbocycles. The number of rotatable bonds is 8. The Hall–Kier alpha value is -1.23. The first kappa shape index (κ1) is 17.8. The number of carbonyl (C=O) groups excluding carboxylic acids is 2. The van der Waals surface area contributed by atoms with E-state index in [0.717, 1.165) is 19.4 Å². The summed E-state index contributed by atoms with van der Waals surface area (Å²) in [5, 5.41) is 5.69. The van der Waals surface area contributed by atoms with Gasteiger partial charge in [0.1, 0.15) is 12.3 Å². The maximum Gasteiger partial charge on any atom is 0.333 e. The van der Waals surface area contributed by atoms with Crippen molar-refractivity contribution in [3.05, 3.63) is 0 Å². The number of aldehydes is 1. The molecule has 1 aliphatic heterocycles. The highest BCUT2D eigenvalue weighted by molar-refractivity contribution is 7.83. The minimum absolute atomic E-state index is 0.249. The third-order valence-electron chi connectivity index (χ3n) is 3.28. The third kappa shape index (κ3) is 5.96. The Labute approximate surface area is 124 Å². The molecule has 2 amide bonds. The zero-order valence-electron chi connectivity index (χ0n) is 11.9. The van der Waals surface area contributed by atoms with Gasteiger partial charge in [-0.2, -0.15) is 13.1 Å².